The van der Waals surface area contributed by atoms with Gasteiger partial charge in [-0.3, -0.25) is 0 Å². The molecule has 0 atom stereocenters. The fraction of sp³-hybridized carbons (Fsp3) is 0.200. The summed E-state index contributed by atoms with van der Waals surface area (Å²) in [6, 6.07) is 32.7. The van der Waals surface area contributed by atoms with Crippen LogP contribution in [0.5, 0.6) is 0 Å². The highest BCUT2D eigenvalue weighted by molar-refractivity contribution is 7.26. The minimum atomic E-state index is -0.345. The molecule has 0 aliphatic carbocycles. The SMILES string of the molecule is CC1(C)OB(c2ccc(-c3cc(-c4ccccc4)c4sc5ccccc5c4c3)cc2)OC1(C)C. The summed E-state index contributed by atoms with van der Waals surface area (Å²) in [5.41, 5.74) is 5.30. The summed E-state index contributed by atoms with van der Waals surface area (Å²) in [4.78, 5) is 0. The maximum absolute atomic E-state index is 6.25. The standard InChI is InChI=1S/C30H27BO2S/c1-29(2)30(3,4)33-31(32-29)23-16-14-20(15-17-23)22-18-25(21-10-6-5-7-11-21)28-26(19-22)24-12-8-9-13-27(24)34-28/h5-19H,1-4H3. The summed E-state index contributed by atoms with van der Waals surface area (Å²) in [7, 11) is -0.345. The van der Waals surface area contributed by atoms with Crippen molar-refractivity contribution in [1.29, 1.82) is 0 Å². The van der Waals surface area contributed by atoms with Crippen LogP contribution >= 0.6 is 11.3 Å². The third-order valence-corrected chi connectivity index (χ3v) is 8.55. The molecule has 5 aromatic rings. The smallest absolute Gasteiger partial charge is 0.399 e. The van der Waals surface area contributed by atoms with Crippen molar-refractivity contribution < 1.29 is 9.31 Å². The minimum Gasteiger partial charge on any atom is -0.399 e. The number of rotatable bonds is 3. The molecule has 0 radical (unpaired) electrons. The molecule has 0 amide bonds. The maximum atomic E-state index is 6.25. The van der Waals surface area contributed by atoms with Crippen LogP contribution in [0.2, 0.25) is 0 Å². The summed E-state index contributed by atoms with van der Waals surface area (Å²) in [6.07, 6.45) is 0. The van der Waals surface area contributed by atoms with E-state index in [-0.39, 0.29) is 18.3 Å². The maximum Gasteiger partial charge on any atom is 0.494 e. The molecule has 4 aromatic carbocycles. The second-order valence-electron chi connectivity index (χ2n) is 10.1. The van der Waals surface area contributed by atoms with Crippen molar-refractivity contribution in [2.75, 3.05) is 0 Å². The lowest BCUT2D eigenvalue weighted by Crippen LogP contribution is -2.41. The van der Waals surface area contributed by atoms with Gasteiger partial charge in [-0.2, -0.15) is 0 Å². The molecule has 2 heterocycles. The first-order chi connectivity index (χ1) is 16.3. The molecule has 0 saturated carbocycles. The van der Waals surface area contributed by atoms with Crippen LogP contribution in [-0.2, 0) is 9.31 Å². The highest BCUT2D eigenvalue weighted by atomic mass is 32.1. The molecule has 2 nitrogen and oxygen atoms in total. The number of fused-ring (bicyclic) bond motifs is 3. The third-order valence-electron chi connectivity index (χ3n) is 7.33. The highest BCUT2D eigenvalue weighted by Gasteiger charge is 2.51. The zero-order valence-electron chi connectivity index (χ0n) is 20.0. The molecule has 1 aliphatic rings. The predicted molar refractivity (Wildman–Crippen MR) is 146 cm³/mol. The van der Waals surface area contributed by atoms with Crippen molar-refractivity contribution in [3.8, 4) is 22.3 Å². The van der Waals surface area contributed by atoms with Gasteiger partial charge in [0, 0.05) is 25.7 Å². The van der Waals surface area contributed by atoms with Gasteiger partial charge in [0.15, 0.2) is 0 Å². The lowest BCUT2D eigenvalue weighted by Gasteiger charge is -2.32. The van der Waals surface area contributed by atoms with Gasteiger partial charge in [0.2, 0.25) is 0 Å². The number of thiophene rings is 1. The van der Waals surface area contributed by atoms with Crippen molar-refractivity contribution in [1.82, 2.24) is 0 Å². The average Bonchev–Trinajstić information content (AvgIpc) is 3.32. The summed E-state index contributed by atoms with van der Waals surface area (Å²) in [5, 5.41) is 2.63. The molecule has 1 aliphatic heterocycles. The zero-order chi connectivity index (χ0) is 23.5. The Balaban J connectivity index is 1.46. The van der Waals surface area contributed by atoms with E-state index in [9.17, 15) is 0 Å². The van der Waals surface area contributed by atoms with Crippen LogP contribution in [0.1, 0.15) is 27.7 Å². The van der Waals surface area contributed by atoms with E-state index in [0.717, 1.165) is 5.46 Å². The monoisotopic (exact) mass is 462 g/mol. The van der Waals surface area contributed by atoms with Crippen molar-refractivity contribution in [3.05, 3.63) is 91.0 Å². The van der Waals surface area contributed by atoms with Crippen LogP contribution in [0, 0.1) is 0 Å². The Morgan fingerprint density at radius 3 is 1.97 bits per heavy atom. The summed E-state index contributed by atoms with van der Waals surface area (Å²) in [5.74, 6) is 0. The van der Waals surface area contributed by atoms with Gasteiger partial charge in [-0.25, -0.2) is 0 Å². The Morgan fingerprint density at radius 2 is 1.26 bits per heavy atom. The molecule has 4 heteroatoms. The quantitative estimate of drug-likeness (QED) is 0.256. The van der Waals surface area contributed by atoms with E-state index >= 15 is 0 Å². The second-order valence-corrected chi connectivity index (χ2v) is 11.1. The van der Waals surface area contributed by atoms with Gasteiger partial charge >= 0.3 is 7.12 Å². The van der Waals surface area contributed by atoms with E-state index in [1.807, 2.05) is 11.3 Å². The van der Waals surface area contributed by atoms with Crippen molar-refractivity contribution in [2.45, 2.75) is 38.9 Å². The molecule has 0 unspecified atom stereocenters. The fourth-order valence-electron chi connectivity index (χ4n) is 4.64. The summed E-state index contributed by atoms with van der Waals surface area (Å²) in [6.45, 7) is 8.36. The molecule has 1 fully saturated rings. The van der Waals surface area contributed by atoms with E-state index in [4.69, 9.17) is 9.31 Å². The Morgan fingerprint density at radius 1 is 0.618 bits per heavy atom. The van der Waals surface area contributed by atoms with E-state index in [1.54, 1.807) is 0 Å². The van der Waals surface area contributed by atoms with Gasteiger partial charge < -0.3 is 9.31 Å². The van der Waals surface area contributed by atoms with Gasteiger partial charge in [-0.1, -0.05) is 72.8 Å². The molecule has 1 aromatic heterocycles. The molecular weight excluding hydrogens is 435 g/mol. The first-order valence-corrected chi connectivity index (χ1v) is 12.6. The van der Waals surface area contributed by atoms with E-state index in [1.165, 1.54) is 42.4 Å². The molecule has 34 heavy (non-hydrogen) atoms. The third kappa shape index (κ3) is 3.49. The van der Waals surface area contributed by atoms with Gasteiger partial charge in [0.1, 0.15) is 0 Å². The van der Waals surface area contributed by atoms with Gasteiger partial charge in [-0.15, -0.1) is 11.3 Å². The lowest BCUT2D eigenvalue weighted by molar-refractivity contribution is 0.00578. The minimum absolute atomic E-state index is 0.341. The van der Waals surface area contributed by atoms with Crippen molar-refractivity contribution in [3.63, 3.8) is 0 Å². The number of benzene rings is 4. The molecule has 0 spiro atoms. The lowest BCUT2D eigenvalue weighted by atomic mass is 9.78. The topological polar surface area (TPSA) is 18.5 Å². The molecule has 168 valence electrons. The van der Waals surface area contributed by atoms with Crippen LogP contribution in [0.25, 0.3) is 42.4 Å². The Bertz CT molecular complexity index is 1480. The van der Waals surface area contributed by atoms with E-state index < -0.39 is 0 Å². The van der Waals surface area contributed by atoms with E-state index in [2.05, 4.69) is 119 Å². The van der Waals surface area contributed by atoms with Crippen LogP contribution in [0.3, 0.4) is 0 Å². The average molecular weight is 462 g/mol. The fourth-order valence-corrected chi connectivity index (χ4v) is 5.86. The number of hydrogen-bond donors (Lipinski definition) is 0. The first kappa shape index (κ1) is 21.6. The van der Waals surface area contributed by atoms with Crippen LogP contribution < -0.4 is 5.46 Å². The van der Waals surface area contributed by atoms with E-state index in [0.29, 0.717) is 0 Å². The highest BCUT2D eigenvalue weighted by Crippen LogP contribution is 2.42. The predicted octanol–water partition coefficient (Wildman–Crippen LogP) is 7.69. The Kier molecular flexibility index (Phi) is 4.96. The molecule has 0 bridgehead atoms. The summed E-state index contributed by atoms with van der Waals surface area (Å²) >= 11 is 1.87. The largest absolute Gasteiger partial charge is 0.494 e. The van der Waals surface area contributed by atoms with Crippen molar-refractivity contribution >= 4 is 44.1 Å². The summed E-state index contributed by atoms with van der Waals surface area (Å²) < 4.78 is 15.2. The van der Waals surface area contributed by atoms with Gasteiger partial charge in [-0.05, 0) is 68.0 Å². The van der Waals surface area contributed by atoms with Gasteiger partial charge in [0.05, 0.1) is 11.2 Å². The first-order valence-electron chi connectivity index (χ1n) is 11.8. The zero-order valence-corrected chi connectivity index (χ0v) is 20.8. The molecular formula is C30H27BO2S. The van der Waals surface area contributed by atoms with Crippen molar-refractivity contribution in [2.24, 2.45) is 0 Å². The Hall–Kier alpha value is -2.92. The molecule has 6 rings (SSSR count). The second kappa shape index (κ2) is 7.81. The normalized spacial score (nSPS) is 17.0. The Labute approximate surface area is 205 Å². The van der Waals surface area contributed by atoms with Crippen LogP contribution in [-0.4, -0.2) is 18.3 Å². The molecule has 0 N–H and O–H groups in total. The van der Waals surface area contributed by atoms with Gasteiger partial charge in [0.25, 0.3) is 0 Å². The molecule has 1 saturated heterocycles. The number of hydrogen-bond acceptors (Lipinski definition) is 3. The van der Waals surface area contributed by atoms with Crippen LogP contribution in [0.15, 0.2) is 91.0 Å². The van der Waals surface area contributed by atoms with Crippen LogP contribution in [0.4, 0.5) is 0 Å².